The van der Waals surface area contributed by atoms with Crippen LogP contribution in [0.3, 0.4) is 0 Å². The second-order valence-electron chi connectivity index (χ2n) is 6.89. The molecule has 2 amide bonds. The van der Waals surface area contributed by atoms with E-state index in [4.69, 9.17) is 15.3 Å². The number of rotatable bonds is 6. The molecule has 1 aromatic heterocycles. The van der Waals surface area contributed by atoms with Crippen LogP contribution in [0.15, 0.2) is 28.9 Å². The molecule has 1 fully saturated rings. The number of anilines is 2. The molecule has 2 heterocycles. The quantitative estimate of drug-likeness (QED) is 0.701. The maximum atomic E-state index is 12.9. The summed E-state index contributed by atoms with van der Waals surface area (Å²) in [5.41, 5.74) is 7.68. The van der Waals surface area contributed by atoms with Gasteiger partial charge in [0, 0.05) is 24.2 Å². The number of nitrogens with one attached hydrogen (secondary N) is 1. The number of amides is 2. The molecule has 0 radical (unpaired) electrons. The minimum atomic E-state index is -1.09. The Kier molecular flexibility index (Phi) is 5.67. The van der Waals surface area contributed by atoms with Gasteiger partial charge in [0.2, 0.25) is 5.91 Å². The van der Waals surface area contributed by atoms with Crippen molar-refractivity contribution in [1.82, 2.24) is 0 Å². The first-order valence-electron chi connectivity index (χ1n) is 9.15. The van der Waals surface area contributed by atoms with Crippen LogP contribution < -0.4 is 16.0 Å². The van der Waals surface area contributed by atoms with E-state index in [9.17, 15) is 14.4 Å². The molecule has 3 rings (SSSR count). The van der Waals surface area contributed by atoms with Gasteiger partial charge in [-0.15, -0.1) is 0 Å². The van der Waals surface area contributed by atoms with Crippen LogP contribution in [-0.2, 0) is 11.2 Å². The highest BCUT2D eigenvalue weighted by Gasteiger charge is 2.23. The Balaban J connectivity index is 1.95. The first-order chi connectivity index (χ1) is 13.4. The SMILES string of the molecule is Cc1coc(CC(=O)O)c1C(=O)Nc1cc(C(N)=O)ccc1N1CCCCC1. The smallest absolute Gasteiger partial charge is 0.311 e. The zero-order chi connectivity index (χ0) is 20.3. The minimum Gasteiger partial charge on any atom is -0.481 e. The van der Waals surface area contributed by atoms with Gasteiger partial charge in [0.05, 0.1) is 23.2 Å². The lowest BCUT2D eigenvalue weighted by Crippen LogP contribution is -2.30. The van der Waals surface area contributed by atoms with Crippen LogP contribution in [0.4, 0.5) is 11.4 Å². The van der Waals surface area contributed by atoms with Gasteiger partial charge in [-0.3, -0.25) is 14.4 Å². The molecule has 8 heteroatoms. The molecule has 8 nitrogen and oxygen atoms in total. The number of aryl methyl sites for hydroxylation is 1. The molecule has 4 N–H and O–H groups in total. The van der Waals surface area contributed by atoms with E-state index in [0.717, 1.165) is 38.0 Å². The monoisotopic (exact) mass is 385 g/mol. The number of nitrogens with two attached hydrogens (primary N) is 1. The van der Waals surface area contributed by atoms with Crippen LogP contribution in [0.1, 0.15) is 51.3 Å². The van der Waals surface area contributed by atoms with Gasteiger partial charge < -0.3 is 25.5 Å². The largest absolute Gasteiger partial charge is 0.481 e. The van der Waals surface area contributed by atoms with Gasteiger partial charge in [0.15, 0.2) is 0 Å². The number of hydrogen-bond donors (Lipinski definition) is 3. The van der Waals surface area contributed by atoms with Gasteiger partial charge in [-0.05, 0) is 44.4 Å². The number of carbonyl (C=O) groups excluding carboxylic acids is 2. The van der Waals surface area contributed by atoms with Crippen molar-refractivity contribution in [2.45, 2.75) is 32.6 Å². The standard InChI is InChI=1S/C20H23N3O5/c1-12-11-28-16(10-17(24)25)18(12)20(27)22-14-9-13(19(21)26)5-6-15(14)23-7-3-2-4-8-23/h5-6,9,11H,2-4,7-8,10H2,1H3,(H2,21,26)(H,22,27)(H,24,25). The number of carbonyl (C=O) groups is 3. The van der Waals surface area contributed by atoms with Crippen molar-refractivity contribution in [2.75, 3.05) is 23.3 Å². The van der Waals surface area contributed by atoms with Crippen LogP contribution in [0.5, 0.6) is 0 Å². The lowest BCUT2D eigenvalue weighted by Gasteiger charge is -2.30. The molecule has 0 bridgehead atoms. The van der Waals surface area contributed by atoms with Gasteiger partial charge in [-0.2, -0.15) is 0 Å². The molecule has 148 valence electrons. The van der Waals surface area contributed by atoms with Crippen LogP contribution in [0, 0.1) is 6.92 Å². The predicted octanol–water partition coefficient (Wildman–Crippen LogP) is 2.56. The van der Waals surface area contributed by atoms with E-state index >= 15 is 0 Å². The molecule has 2 aromatic rings. The number of benzene rings is 1. The van der Waals surface area contributed by atoms with Crippen LogP contribution in [-0.4, -0.2) is 36.0 Å². The zero-order valence-corrected chi connectivity index (χ0v) is 15.7. The normalized spacial score (nSPS) is 14.0. The summed E-state index contributed by atoms with van der Waals surface area (Å²) in [6.07, 6.45) is 4.23. The number of piperidine rings is 1. The van der Waals surface area contributed by atoms with Gasteiger partial charge in [-0.25, -0.2) is 0 Å². The molecule has 0 unspecified atom stereocenters. The number of carboxylic acid groups (broad SMARTS) is 1. The van der Waals surface area contributed by atoms with E-state index in [2.05, 4.69) is 10.2 Å². The van der Waals surface area contributed by atoms with Gasteiger partial charge >= 0.3 is 5.97 Å². The molecule has 1 aliphatic rings. The summed E-state index contributed by atoms with van der Waals surface area (Å²) in [6, 6.07) is 4.97. The van der Waals surface area contributed by atoms with Crippen LogP contribution in [0.25, 0.3) is 0 Å². The first kappa shape index (κ1) is 19.5. The number of aliphatic carboxylic acids is 1. The van der Waals surface area contributed by atoms with E-state index in [-0.39, 0.29) is 16.9 Å². The van der Waals surface area contributed by atoms with Crippen molar-refractivity contribution in [3.05, 3.63) is 46.9 Å². The van der Waals surface area contributed by atoms with Crippen LogP contribution >= 0.6 is 0 Å². The highest BCUT2D eigenvalue weighted by Crippen LogP contribution is 2.31. The highest BCUT2D eigenvalue weighted by molar-refractivity contribution is 6.08. The Hall–Kier alpha value is -3.29. The number of nitrogens with zero attached hydrogens (tertiary/aromatic N) is 1. The fraction of sp³-hybridized carbons (Fsp3) is 0.350. The number of primary amides is 1. The summed E-state index contributed by atoms with van der Waals surface area (Å²) in [6.45, 7) is 3.39. The van der Waals surface area contributed by atoms with Crippen molar-refractivity contribution in [3.8, 4) is 0 Å². The third kappa shape index (κ3) is 4.16. The summed E-state index contributed by atoms with van der Waals surface area (Å²) in [7, 11) is 0. The molecular weight excluding hydrogens is 362 g/mol. The Bertz CT molecular complexity index is 913. The Morgan fingerprint density at radius 3 is 2.57 bits per heavy atom. The molecular formula is C20H23N3O5. The van der Waals surface area contributed by atoms with Gasteiger partial charge in [-0.1, -0.05) is 0 Å². The predicted molar refractivity (Wildman–Crippen MR) is 104 cm³/mol. The van der Waals surface area contributed by atoms with Crippen molar-refractivity contribution < 1.29 is 23.9 Å². The van der Waals surface area contributed by atoms with Gasteiger partial charge in [0.1, 0.15) is 12.2 Å². The van der Waals surface area contributed by atoms with E-state index in [1.165, 1.54) is 6.26 Å². The van der Waals surface area contributed by atoms with E-state index in [1.807, 2.05) is 0 Å². The first-order valence-corrected chi connectivity index (χ1v) is 9.15. The average Bonchev–Trinajstić information content (AvgIpc) is 3.01. The van der Waals surface area contributed by atoms with Crippen molar-refractivity contribution in [2.24, 2.45) is 5.73 Å². The van der Waals surface area contributed by atoms with Crippen molar-refractivity contribution in [1.29, 1.82) is 0 Å². The number of hydrogen-bond acceptors (Lipinski definition) is 5. The second-order valence-corrected chi connectivity index (χ2v) is 6.89. The van der Waals surface area contributed by atoms with E-state index < -0.39 is 24.2 Å². The molecule has 0 saturated carbocycles. The fourth-order valence-electron chi connectivity index (χ4n) is 3.46. The number of furan rings is 1. The molecule has 0 aliphatic carbocycles. The molecule has 0 spiro atoms. The Morgan fingerprint density at radius 2 is 1.93 bits per heavy atom. The average molecular weight is 385 g/mol. The third-order valence-corrected chi connectivity index (χ3v) is 4.82. The second kappa shape index (κ2) is 8.16. The van der Waals surface area contributed by atoms with E-state index in [1.54, 1.807) is 25.1 Å². The summed E-state index contributed by atoms with van der Waals surface area (Å²) < 4.78 is 5.25. The maximum Gasteiger partial charge on any atom is 0.311 e. The summed E-state index contributed by atoms with van der Waals surface area (Å²) in [4.78, 5) is 37.7. The lowest BCUT2D eigenvalue weighted by atomic mass is 10.1. The lowest BCUT2D eigenvalue weighted by molar-refractivity contribution is -0.136. The molecule has 1 aromatic carbocycles. The molecule has 1 aliphatic heterocycles. The van der Waals surface area contributed by atoms with Crippen molar-refractivity contribution >= 4 is 29.2 Å². The van der Waals surface area contributed by atoms with E-state index in [0.29, 0.717) is 11.3 Å². The third-order valence-electron chi connectivity index (χ3n) is 4.82. The number of carboxylic acids is 1. The maximum absolute atomic E-state index is 12.9. The molecule has 0 atom stereocenters. The minimum absolute atomic E-state index is 0.0908. The Morgan fingerprint density at radius 1 is 1.21 bits per heavy atom. The topological polar surface area (TPSA) is 126 Å². The summed E-state index contributed by atoms with van der Waals surface area (Å²) in [5.74, 6) is -2.07. The van der Waals surface area contributed by atoms with Crippen molar-refractivity contribution in [3.63, 3.8) is 0 Å². The molecule has 1 saturated heterocycles. The summed E-state index contributed by atoms with van der Waals surface area (Å²) >= 11 is 0. The highest BCUT2D eigenvalue weighted by atomic mass is 16.4. The fourth-order valence-corrected chi connectivity index (χ4v) is 3.46. The summed E-state index contributed by atoms with van der Waals surface area (Å²) in [5, 5.41) is 11.9. The molecule has 28 heavy (non-hydrogen) atoms. The Labute approximate surface area is 162 Å². The van der Waals surface area contributed by atoms with Crippen LogP contribution in [0.2, 0.25) is 0 Å². The van der Waals surface area contributed by atoms with Gasteiger partial charge in [0.25, 0.3) is 5.91 Å². The zero-order valence-electron chi connectivity index (χ0n) is 15.7.